The van der Waals surface area contributed by atoms with Gasteiger partial charge in [-0.3, -0.25) is 0 Å². The zero-order valence-corrected chi connectivity index (χ0v) is 13.7. The Morgan fingerprint density at radius 1 is 0.917 bits per heavy atom. The average molecular weight is 328 g/mol. The van der Waals surface area contributed by atoms with Crippen molar-refractivity contribution >= 4 is 12.0 Å². The van der Waals surface area contributed by atoms with Crippen LogP contribution in [0.15, 0.2) is 48.5 Å². The first kappa shape index (κ1) is 17.3. The van der Waals surface area contributed by atoms with Crippen LogP contribution in [-0.2, 0) is 17.8 Å². The molecule has 0 spiro atoms. The van der Waals surface area contributed by atoms with Gasteiger partial charge in [-0.05, 0) is 23.8 Å². The number of hydrogen-bond donors (Lipinski definition) is 2. The number of para-hydroxylation sites is 1. The predicted molar refractivity (Wildman–Crippen MR) is 89.9 cm³/mol. The Morgan fingerprint density at radius 2 is 1.58 bits per heavy atom. The molecule has 0 radical (unpaired) electrons. The summed E-state index contributed by atoms with van der Waals surface area (Å²) < 4.78 is 9.88. The van der Waals surface area contributed by atoms with Gasteiger partial charge in [-0.1, -0.05) is 30.3 Å². The van der Waals surface area contributed by atoms with Gasteiger partial charge in [0.05, 0.1) is 19.8 Å². The fraction of sp³-hybridized carbons (Fsp3) is 0.222. The van der Waals surface area contributed by atoms with E-state index in [0.717, 1.165) is 16.9 Å². The molecule has 0 atom stereocenters. The van der Waals surface area contributed by atoms with Gasteiger partial charge in [-0.2, -0.15) is 0 Å². The van der Waals surface area contributed by atoms with Gasteiger partial charge in [-0.25, -0.2) is 9.59 Å². The van der Waals surface area contributed by atoms with Crippen LogP contribution in [0.4, 0.5) is 4.79 Å². The predicted octanol–water partition coefficient (Wildman–Crippen LogP) is 2.48. The highest BCUT2D eigenvalue weighted by Crippen LogP contribution is 2.16. The van der Waals surface area contributed by atoms with Crippen molar-refractivity contribution in [2.75, 3.05) is 14.2 Å². The molecule has 0 unspecified atom stereocenters. The zero-order chi connectivity index (χ0) is 17.4. The standard InChI is InChI=1S/C18H20N2O4/c1-23-16-6-4-3-5-15(16)12-20-18(22)19-11-13-7-9-14(10-8-13)17(21)24-2/h3-10H,11-12H2,1-2H3,(H2,19,20,22). The number of carbonyl (C=O) groups excluding carboxylic acids is 2. The smallest absolute Gasteiger partial charge is 0.337 e. The molecule has 0 saturated heterocycles. The van der Waals surface area contributed by atoms with Gasteiger partial charge in [0.2, 0.25) is 0 Å². The Bertz CT molecular complexity index is 698. The van der Waals surface area contributed by atoms with E-state index in [1.807, 2.05) is 24.3 Å². The van der Waals surface area contributed by atoms with Crippen molar-refractivity contribution in [2.24, 2.45) is 0 Å². The van der Waals surface area contributed by atoms with Gasteiger partial charge < -0.3 is 20.1 Å². The van der Waals surface area contributed by atoms with Crippen molar-refractivity contribution in [1.82, 2.24) is 10.6 Å². The van der Waals surface area contributed by atoms with Crippen LogP contribution in [0, 0.1) is 0 Å². The maximum absolute atomic E-state index is 11.9. The number of benzene rings is 2. The Labute approximate surface area is 140 Å². The molecule has 0 aliphatic rings. The minimum atomic E-state index is -0.385. The highest BCUT2D eigenvalue weighted by Gasteiger charge is 2.06. The molecule has 2 amide bonds. The summed E-state index contributed by atoms with van der Waals surface area (Å²) in [5.74, 6) is 0.347. The number of ether oxygens (including phenoxy) is 2. The summed E-state index contributed by atoms with van der Waals surface area (Å²) in [4.78, 5) is 23.2. The van der Waals surface area contributed by atoms with E-state index in [4.69, 9.17) is 4.74 Å². The van der Waals surface area contributed by atoms with Crippen molar-refractivity contribution in [1.29, 1.82) is 0 Å². The molecule has 0 heterocycles. The fourth-order valence-electron chi connectivity index (χ4n) is 2.15. The van der Waals surface area contributed by atoms with Crippen molar-refractivity contribution in [3.05, 3.63) is 65.2 Å². The molecular formula is C18H20N2O4. The van der Waals surface area contributed by atoms with Gasteiger partial charge in [0.15, 0.2) is 0 Å². The number of hydrogen-bond acceptors (Lipinski definition) is 4. The summed E-state index contributed by atoms with van der Waals surface area (Å²) in [7, 11) is 2.93. The number of rotatable bonds is 6. The van der Waals surface area contributed by atoms with Crippen molar-refractivity contribution in [2.45, 2.75) is 13.1 Å². The van der Waals surface area contributed by atoms with E-state index in [0.29, 0.717) is 18.7 Å². The molecule has 2 aromatic rings. The first-order chi connectivity index (χ1) is 11.6. The van der Waals surface area contributed by atoms with Crippen molar-refractivity contribution < 1.29 is 19.1 Å². The van der Waals surface area contributed by atoms with E-state index in [9.17, 15) is 9.59 Å². The van der Waals surface area contributed by atoms with E-state index in [1.54, 1.807) is 31.4 Å². The lowest BCUT2D eigenvalue weighted by Gasteiger charge is -2.10. The van der Waals surface area contributed by atoms with Crippen LogP contribution >= 0.6 is 0 Å². The topological polar surface area (TPSA) is 76.7 Å². The summed E-state index contributed by atoms with van der Waals surface area (Å²) in [6.45, 7) is 0.732. The highest BCUT2D eigenvalue weighted by atomic mass is 16.5. The van der Waals surface area contributed by atoms with Gasteiger partial charge in [0, 0.05) is 18.7 Å². The quantitative estimate of drug-likeness (QED) is 0.799. The van der Waals surface area contributed by atoms with Crippen LogP contribution in [0.5, 0.6) is 5.75 Å². The van der Waals surface area contributed by atoms with Gasteiger partial charge in [-0.15, -0.1) is 0 Å². The molecule has 24 heavy (non-hydrogen) atoms. The molecule has 2 rings (SSSR count). The second-order valence-electron chi connectivity index (χ2n) is 5.04. The molecular weight excluding hydrogens is 308 g/mol. The fourth-order valence-corrected chi connectivity index (χ4v) is 2.15. The second kappa shape index (κ2) is 8.57. The monoisotopic (exact) mass is 328 g/mol. The van der Waals surface area contributed by atoms with E-state index in [-0.39, 0.29) is 12.0 Å². The van der Waals surface area contributed by atoms with Crippen LogP contribution in [0.1, 0.15) is 21.5 Å². The number of amides is 2. The minimum absolute atomic E-state index is 0.280. The summed E-state index contributed by atoms with van der Waals surface area (Å²) in [5, 5.41) is 5.54. The Morgan fingerprint density at radius 3 is 2.25 bits per heavy atom. The summed E-state index contributed by atoms with van der Waals surface area (Å²) in [6, 6.07) is 14.1. The first-order valence-corrected chi connectivity index (χ1v) is 7.45. The van der Waals surface area contributed by atoms with E-state index >= 15 is 0 Å². The maximum atomic E-state index is 11.9. The van der Waals surface area contributed by atoms with Crippen LogP contribution in [0.3, 0.4) is 0 Å². The lowest BCUT2D eigenvalue weighted by atomic mass is 10.1. The van der Waals surface area contributed by atoms with Crippen LogP contribution in [0.2, 0.25) is 0 Å². The van der Waals surface area contributed by atoms with Crippen molar-refractivity contribution in [3.63, 3.8) is 0 Å². The normalized spacial score (nSPS) is 9.92. The molecule has 2 N–H and O–H groups in total. The second-order valence-corrected chi connectivity index (χ2v) is 5.04. The minimum Gasteiger partial charge on any atom is -0.496 e. The molecule has 6 nitrogen and oxygen atoms in total. The molecule has 6 heteroatoms. The third-order valence-corrected chi connectivity index (χ3v) is 3.46. The molecule has 2 aromatic carbocycles. The molecule has 0 aliphatic carbocycles. The molecule has 126 valence electrons. The van der Waals surface area contributed by atoms with Gasteiger partial charge >= 0.3 is 12.0 Å². The average Bonchev–Trinajstić information content (AvgIpc) is 2.64. The van der Waals surface area contributed by atoms with E-state index in [2.05, 4.69) is 15.4 Å². The summed E-state index contributed by atoms with van der Waals surface area (Å²) in [5.41, 5.74) is 2.26. The first-order valence-electron chi connectivity index (χ1n) is 7.45. The third-order valence-electron chi connectivity index (χ3n) is 3.46. The van der Waals surface area contributed by atoms with E-state index in [1.165, 1.54) is 7.11 Å². The molecule has 0 aromatic heterocycles. The van der Waals surface area contributed by atoms with Gasteiger partial charge in [0.25, 0.3) is 0 Å². The van der Waals surface area contributed by atoms with Crippen LogP contribution in [-0.4, -0.2) is 26.2 Å². The SMILES string of the molecule is COC(=O)c1ccc(CNC(=O)NCc2ccccc2OC)cc1. The van der Waals surface area contributed by atoms with Crippen LogP contribution < -0.4 is 15.4 Å². The number of carbonyl (C=O) groups is 2. The number of nitrogens with one attached hydrogen (secondary N) is 2. The zero-order valence-electron chi connectivity index (χ0n) is 13.7. The highest BCUT2D eigenvalue weighted by molar-refractivity contribution is 5.89. The molecule has 0 bridgehead atoms. The lowest BCUT2D eigenvalue weighted by molar-refractivity contribution is 0.0600. The van der Waals surface area contributed by atoms with Gasteiger partial charge in [0.1, 0.15) is 5.75 Å². The Hall–Kier alpha value is -3.02. The molecule has 0 saturated carbocycles. The molecule has 0 aliphatic heterocycles. The summed E-state index contributed by atoms with van der Waals surface area (Å²) >= 11 is 0. The number of esters is 1. The van der Waals surface area contributed by atoms with E-state index < -0.39 is 0 Å². The number of urea groups is 1. The molecule has 0 fully saturated rings. The van der Waals surface area contributed by atoms with Crippen LogP contribution in [0.25, 0.3) is 0 Å². The Balaban J connectivity index is 1.82. The lowest BCUT2D eigenvalue weighted by Crippen LogP contribution is -2.34. The van der Waals surface area contributed by atoms with Crippen molar-refractivity contribution in [3.8, 4) is 5.75 Å². The maximum Gasteiger partial charge on any atom is 0.337 e. The Kier molecular flexibility index (Phi) is 6.19. The summed E-state index contributed by atoms with van der Waals surface area (Å²) in [6.07, 6.45) is 0. The largest absolute Gasteiger partial charge is 0.496 e. The number of methoxy groups -OCH3 is 2. The third kappa shape index (κ3) is 4.74.